The zero-order valence-electron chi connectivity index (χ0n) is 36.8. The molecule has 0 aliphatic rings. The van der Waals surface area contributed by atoms with Gasteiger partial charge in [-0.25, -0.2) is 0 Å². The second-order valence-corrected chi connectivity index (χ2v) is 17.5. The molecule has 7 aromatic carbocycles. The van der Waals surface area contributed by atoms with E-state index < -0.39 is 0 Å². The number of benzene rings is 7. The summed E-state index contributed by atoms with van der Waals surface area (Å²) in [4.78, 5) is 14.4. The van der Waals surface area contributed by atoms with E-state index in [1.54, 1.807) is 0 Å². The van der Waals surface area contributed by atoms with Gasteiger partial charge in [0, 0.05) is 60.2 Å². The van der Waals surface area contributed by atoms with Crippen molar-refractivity contribution in [3.63, 3.8) is 0 Å². The van der Waals surface area contributed by atoms with Crippen molar-refractivity contribution in [2.45, 2.75) is 65.7 Å². The fraction of sp³-hybridized carbons (Fsp3) is 0.175. The third kappa shape index (κ3) is 8.54. The number of nitrogens with zero attached hydrogens (tertiary/aromatic N) is 4. The molecule has 63 heavy (non-hydrogen) atoms. The first kappa shape index (κ1) is 43.2. The molecule has 0 fully saturated rings. The molecule has 0 unspecified atom stereocenters. The SMILES string of the molecule is CC(C)(C)c1cnc(-c2[c-]ccc3c2oc2c(-c4ccc(-c5ccccc5)cc4)cccc23)cn1.CC(C)c1cccc(C(C)C)c1-n1c(-c2[c-]cccc2)nc2ccccc21.[Ir]. The number of hydrogen-bond donors (Lipinski definition) is 0. The van der Waals surface area contributed by atoms with Crippen LogP contribution in [-0.4, -0.2) is 19.5 Å². The molecule has 3 aromatic heterocycles. The summed E-state index contributed by atoms with van der Waals surface area (Å²) in [6, 6.07) is 59.3. The molecule has 10 aromatic rings. The van der Waals surface area contributed by atoms with Gasteiger partial charge in [0.2, 0.25) is 0 Å². The first-order chi connectivity index (χ1) is 30.1. The van der Waals surface area contributed by atoms with Crippen molar-refractivity contribution < 1.29 is 24.5 Å². The molecule has 0 atom stereocenters. The van der Waals surface area contributed by atoms with Crippen molar-refractivity contribution in [1.82, 2.24) is 19.5 Å². The molecule has 0 bridgehead atoms. The van der Waals surface area contributed by atoms with Crippen molar-refractivity contribution in [1.29, 1.82) is 0 Å². The van der Waals surface area contributed by atoms with Gasteiger partial charge in [-0.05, 0) is 51.8 Å². The molecule has 0 aliphatic carbocycles. The molecule has 3 heterocycles. The molecule has 0 aliphatic heterocycles. The number of hydrogen-bond acceptors (Lipinski definition) is 4. The minimum absolute atomic E-state index is 0. The molecule has 10 rings (SSSR count). The summed E-state index contributed by atoms with van der Waals surface area (Å²) >= 11 is 0. The Labute approximate surface area is 384 Å². The summed E-state index contributed by atoms with van der Waals surface area (Å²) in [6.07, 6.45) is 3.67. The maximum Gasteiger partial charge on any atom is 0.128 e. The minimum atomic E-state index is -0.0500. The molecule has 0 spiro atoms. The van der Waals surface area contributed by atoms with Crippen LogP contribution in [0.3, 0.4) is 0 Å². The van der Waals surface area contributed by atoms with Crippen LogP contribution in [0.2, 0.25) is 0 Å². The molecule has 0 saturated carbocycles. The van der Waals surface area contributed by atoms with Crippen LogP contribution in [0.1, 0.15) is 77.1 Å². The smallest absolute Gasteiger partial charge is 0.128 e. The monoisotopic (exact) mass is 999 g/mol. The number of fused-ring (bicyclic) bond motifs is 4. The summed E-state index contributed by atoms with van der Waals surface area (Å²) < 4.78 is 8.88. The Bertz CT molecular complexity index is 3110. The molecule has 5 nitrogen and oxygen atoms in total. The van der Waals surface area contributed by atoms with Gasteiger partial charge in [0.25, 0.3) is 0 Å². The van der Waals surface area contributed by atoms with E-state index in [2.05, 4.69) is 191 Å². The van der Waals surface area contributed by atoms with Gasteiger partial charge in [-0.1, -0.05) is 163 Å². The Morgan fingerprint density at radius 1 is 0.571 bits per heavy atom. The fourth-order valence-corrected chi connectivity index (χ4v) is 8.23. The van der Waals surface area contributed by atoms with E-state index in [4.69, 9.17) is 14.4 Å². The van der Waals surface area contributed by atoms with Crippen molar-refractivity contribution in [2.75, 3.05) is 0 Å². The van der Waals surface area contributed by atoms with Gasteiger partial charge in [-0.15, -0.1) is 54.1 Å². The molecule has 0 saturated heterocycles. The van der Waals surface area contributed by atoms with Crippen LogP contribution in [0.15, 0.2) is 168 Å². The van der Waals surface area contributed by atoms with Gasteiger partial charge in [0.1, 0.15) is 5.58 Å². The Hall–Kier alpha value is -6.46. The van der Waals surface area contributed by atoms with E-state index in [1.165, 1.54) is 27.9 Å². The van der Waals surface area contributed by atoms with E-state index in [9.17, 15) is 0 Å². The number of para-hydroxylation sites is 4. The molecule has 315 valence electrons. The Balaban J connectivity index is 0.000000176. The summed E-state index contributed by atoms with van der Waals surface area (Å²) in [7, 11) is 0. The van der Waals surface area contributed by atoms with Gasteiger partial charge in [-0.2, -0.15) is 0 Å². The fourth-order valence-electron chi connectivity index (χ4n) is 8.23. The van der Waals surface area contributed by atoms with Gasteiger partial charge in [0.05, 0.1) is 28.1 Å². The van der Waals surface area contributed by atoms with Crippen molar-refractivity contribution in [3.8, 4) is 50.6 Å². The second kappa shape index (κ2) is 18.1. The summed E-state index contributed by atoms with van der Waals surface area (Å²) in [6.45, 7) is 15.4. The van der Waals surface area contributed by atoms with Crippen LogP contribution in [0.4, 0.5) is 0 Å². The first-order valence-electron chi connectivity index (χ1n) is 21.5. The van der Waals surface area contributed by atoms with E-state index in [0.717, 1.165) is 72.4 Å². The summed E-state index contributed by atoms with van der Waals surface area (Å²) in [5.41, 5.74) is 15.9. The van der Waals surface area contributed by atoms with Crippen LogP contribution in [-0.2, 0) is 25.5 Å². The summed E-state index contributed by atoms with van der Waals surface area (Å²) in [5.74, 6) is 1.80. The van der Waals surface area contributed by atoms with Crippen LogP contribution in [0, 0.1) is 12.1 Å². The summed E-state index contributed by atoms with van der Waals surface area (Å²) in [5, 5.41) is 2.14. The van der Waals surface area contributed by atoms with E-state index in [0.29, 0.717) is 11.8 Å². The zero-order chi connectivity index (χ0) is 43.0. The average Bonchev–Trinajstić information content (AvgIpc) is 3.89. The van der Waals surface area contributed by atoms with E-state index in [1.807, 2.05) is 42.7 Å². The maximum atomic E-state index is 6.54. The first-order valence-corrected chi connectivity index (χ1v) is 21.5. The van der Waals surface area contributed by atoms with E-state index >= 15 is 0 Å². The van der Waals surface area contributed by atoms with Crippen LogP contribution in [0.5, 0.6) is 0 Å². The maximum absolute atomic E-state index is 6.54. The largest absolute Gasteiger partial charge is 0.500 e. The molecule has 6 heteroatoms. The predicted octanol–water partition coefficient (Wildman–Crippen LogP) is 15.2. The van der Waals surface area contributed by atoms with Gasteiger partial charge in [-0.3, -0.25) is 9.97 Å². The molecule has 1 radical (unpaired) electrons. The normalized spacial score (nSPS) is 11.6. The standard InChI is InChI=1S/C32H25N2O.C25H25N2.Ir/c1-32(2,3)29-20-33-28(19-34-29)27-14-8-13-26-25-12-7-11-24(30(25)35-31(26)27)23-17-15-22(16-18-23)21-9-5-4-6-10-21;1-17(2)20-13-10-14-21(18(3)4)24(20)27-23-16-9-8-15-22(23)26-25(27)19-11-6-5-7-12-19;/h4-13,15-20H,1-3H3;5-11,13-18H,1-4H3;/q2*-1;. The Morgan fingerprint density at radius 2 is 1.22 bits per heavy atom. The van der Waals surface area contributed by atoms with E-state index in [-0.39, 0.29) is 25.5 Å². The van der Waals surface area contributed by atoms with Crippen molar-refractivity contribution in [3.05, 3.63) is 193 Å². The topological polar surface area (TPSA) is 56.7 Å². The Kier molecular flexibility index (Phi) is 12.4. The number of aromatic nitrogens is 4. The Morgan fingerprint density at radius 3 is 1.89 bits per heavy atom. The third-order valence-corrected chi connectivity index (χ3v) is 11.5. The predicted molar refractivity (Wildman–Crippen MR) is 257 cm³/mol. The van der Waals surface area contributed by atoms with Crippen molar-refractivity contribution in [2.24, 2.45) is 0 Å². The quantitative estimate of drug-likeness (QED) is 0.149. The zero-order valence-corrected chi connectivity index (χ0v) is 39.2. The molecular weight excluding hydrogens is 949 g/mol. The minimum Gasteiger partial charge on any atom is -0.500 e. The van der Waals surface area contributed by atoms with Crippen LogP contribution >= 0.6 is 0 Å². The van der Waals surface area contributed by atoms with Crippen LogP contribution < -0.4 is 0 Å². The molecule has 0 N–H and O–H groups in total. The van der Waals surface area contributed by atoms with Crippen molar-refractivity contribution >= 4 is 33.0 Å². The van der Waals surface area contributed by atoms with Gasteiger partial charge >= 0.3 is 0 Å². The molecule has 0 amide bonds. The number of furan rings is 1. The third-order valence-electron chi connectivity index (χ3n) is 11.5. The van der Waals surface area contributed by atoms with Crippen LogP contribution in [0.25, 0.3) is 83.6 Å². The van der Waals surface area contributed by atoms with Gasteiger partial charge in [0.15, 0.2) is 0 Å². The average molecular weight is 999 g/mol. The second-order valence-electron chi connectivity index (χ2n) is 17.5. The molecular formula is C57H50IrN4O-2. The number of rotatable bonds is 7. The number of imidazole rings is 1. The van der Waals surface area contributed by atoms with Gasteiger partial charge < -0.3 is 14.0 Å².